The van der Waals surface area contributed by atoms with Crippen LogP contribution in [0.2, 0.25) is 0 Å². The second-order valence-corrected chi connectivity index (χ2v) is 5.10. The molecule has 5 nitrogen and oxygen atoms in total. The van der Waals surface area contributed by atoms with Gasteiger partial charge in [0, 0.05) is 6.66 Å². The summed E-state index contributed by atoms with van der Waals surface area (Å²) in [6, 6.07) is 0. The van der Waals surface area contributed by atoms with Gasteiger partial charge in [0.25, 0.3) is 0 Å². The van der Waals surface area contributed by atoms with E-state index in [4.69, 9.17) is 9.05 Å². The van der Waals surface area contributed by atoms with Crippen LogP contribution in [0.25, 0.3) is 0 Å². The van der Waals surface area contributed by atoms with Crippen LogP contribution in [0.5, 0.6) is 0 Å². The average Bonchev–Trinajstić information content (AvgIpc) is 2.00. The average molecular weight is 236 g/mol. The number of hydrogen-bond acceptors (Lipinski definition) is 5. The topological polar surface area (TPSA) is 61.8 Å². The predicted octanol–water partition coefficient (Wildman–Crippen LogP) is 2.33. The molecule has 6 heteroatoms. The lowest BCUT2D eigenvalue weighted by molar-refractivity contribution is -0.141. The van der Waals surface area contributed by atoms with Gasteiger partial charge in [-0.25, -0.2) is 9.36 Å². The molecule has 0 radical (unpaired) electrons. The lowest BCUT2D eigenvalue weighted by Gasteiger charge is -2.17. The molecule has 0 saturated carbocycles. The Morgan fingerprint density at radius 3 is 2.40 bits per heavy atom. The molecule has 0 aromatic heterocycles. The maximum Gasteiger partial charge on any atom is 0.376 e. The Bertz CT molecular complexity index is 284. The molecule has 0 aliphatic heterocycles. The van der Waals surface area contributed by atoms with Gasteiger partial charge in [-0.2, -0.15) is 0 Å². The molecule has 0 aliphatic carbocycles. The van der Waals surface area contributed by atoms with Gasteiger partial charge in [-0.05, 0) is 27.4 Å². The molecule has 88 valence electrons. The Hall–Kier alpha value is -0.800. The molecule has 1 atom stereocenters. The van der Waals surface area contributed by atoms with Gasteiger partial charge in [0.2, 0.25) is 5.76 Å². The van der Waals surface area contributed by atoms with Crippen LogP contribution in [-0.2, 0) is 23.1 Å². The van der Waals surface area contributed by atoms with Crippen molar-refractivity contribution in [2.75, 3.05) is 13.3 Å². The lowest BCUT2D eigenvalue weighted by Crippen LogP contribution is -2.10. The van der Waals surface area contributed by atoms with Crippen LogP contribution in [-0.4, -0.2) is 25.3 Å². The minimum absolute atomic E-state index is 0.209. The van der Waals surface area contributed by atoms with E-state index in [9.17, 15) is 9.36 Å². The van der Waals surface area contributed by atoms with Gasteiger partial charge in [0.1, 0.15) is 0 Å². The summed E-state index contributed by atoms with van der Waals surface area (Å²) in [6.07, 6.45) is -0.254. The maximum atomic E-state index is 11.6. The fourth-order valence-corrected chi connectivity index (χ4v) is 2.14. The Labute approximate surface area is 89.9 Å². The standard InChI is InChI=1S/C9H17O5P/c1-6-12-9(10)8(4)14-15(5,11)13-7(2)3/h7H,4,6H2,1-3,5H3. The normalized spacial score (nSPS) is 14.5. The first kappa shape index (κ1) is 14.2. The minimum atomic E-state index is -3.28. The van der Waals surface area contributed by atoms with Crippen molar-refractivity contribution in [2.45, 2.75) is 26.9 Å². The van der Waals surface area contributed by atoms with Crippen molar-refractivity contribution in [3.8, 4) is 0 Å². The largest absolute Gasteiger partial charge is 0.460 e. The van der Waals surface area contributed by atoms with E-state index < -0.39 is 13.6 Å². The number of carbonyl (C=O) groups excluding carboxylic acids is 1. The molecular formula is C9H17O5P. The van der Waals surface area contributed by atoms with Crippen molar-refractivity contribution in [3.63, 3.8) is 0 Å². The lowest BCUT2D eigenvalue weighted by atomic mass is 10.5. The van der Waals surface area contributed by atoms with Crippen molar-refractivity contribution in [3.05, 3.63) is 12.3 Å². The van der Waals surface area contributed by atoms with Crippen molar-refractivity contribution >= 4 is 13.6 Å². The summed E-state index contributed by atoms with van der Waals surface area (Å²) in [5.74, 6) is -1.03. The molecule has 15 heavy (non-hydrogen) atoms. The van der Waals surface area contributed by atoms with Crippen molar-refractivity contribution in [1.82, 2.24) is 0 Å². The van der Waals surface area contributed by atoms with Crippen LogP contribution >= 0.6 is 7.60 Å². The van der Waals surface area contributed by atoms with Gasteiger partial charge in [0.05, 0.1) is 12.7 Å². The first-order valence-corrected chi connectivity index (χ1v) is 6.59. The molecule has 0 aromatic rings. The Kier molecular flexibility index (Phi) is 5.61. The molecule has 0 bridgehead atoms. The van der Waals surface area contributed by atoms with E-state index in [2.05, 4.69) is 11.3 Å². The smallest absolute Gasteiger partial charge is 0.376 e. The van der Waals surface area contributed by atoms with Crippen LogP contribution in [0.3, 0.4) is 0 Å². The van der Waals surface area contributed by atoms with E-state index in [-0.39, 0.29) is 18.5 Å². The molecule has 0 heterocycles. The van der Waals surface area contributed by atoms with Gasteiger partial charge in [-0.15, -0.1) is 0 Å². The summed E-state index contributed by atoms with van der Waals surface area (Å²) < 4.78 is 26.1. The fourth-order valence-electron chi connectivity index (χ4n) is 0.853. The van der Waals surface area contributed by atoms with E-state index >= 15 is 0 Å². The number of rotatable bonds is 6. The molecule has 1 unspecified atom stereocenters. The molecular weight excluding hydrogens is 219 g/mol. The summed E-state index contributed by atoms with van der Waals surface area (Å²) in [5, 5.41) is 0. The maximum absolute atomic E-state index is 11.6. The minimum Gasteiger partial charge on any atom is -0.460 e. The van der Waals surface area contributed by atoms with Gasteiger partial charge in [-0.3, -0.25) is 4.52 Å². The molecule has 0 amide bonds. The third-order valence-corrected chi connectivity index (χ3v) is 2.54. The van der Waals surface area contributed by atoms with Gasteiger partial charge < -0.3 is 9.26 Å². The van der Waals surface area contributed by atoms with E-state index in [0.717, 1.165) is 0 Å². The van der Waals surface area contributed by atoms with E-state index in [0.29, 0.717) is 0 Å². The highest BCUT2D eigenvalue weighted by molar-refractivity contribution is 7.53. The van der Waals surface area contributed by atoms with Crippen molar-refractivity contribution in [1.29, 1.82) is 0 Å². The van der Waals surface area contributed by atoms with Gasteiger partial charge in [0.15, 0.2) is 0 Å². The van der Waals surface area contributed by atoms with Gasteiger partial charge >= 0.3 is 13.6 Å². The van der Waals surface area contributed by atoms with Crippen LogP contribution in [0.15, 0.2) is 12.3 Å². The molecule has 0 aromatic carbocycles. The van der Waals surface area contributed by atoms with Crippen LogP contribution in [0, 0.1) is 0 Å². The van der Waals surface area contributed by atoms with E-state index in [1.54, 1.807) is 20.8 Å². The third kappa shape index (κ3) is 6.31. The highest BCUT2D eigenvalue weighted by atomic mass is 31.2. The van der Waals surface area contributed by atoms with Crippen LogP contribution in [0.4, 0.5) is 0 Å². The SMILES string of the molecule is C=C(OP(C)(=O)OC(C)C)C(=O)OCC. The van der Waals surface area contributed by atoms with Crippen molar-refractivity contribution in [2.24, 2.45) is 0 Å². The number of hydrogen-bond donors (Lipinski definition) is 0. The summed E-state index contributed by atoms with van der Waals surface area (Å²) in [6.45, 7) is 9.88. The number of esters is 1. The van der Waals surface area contributed by atoms with Crippen molar-refractivity contribution < 1.29 is 23.1 Å². The molecule has 0 N–H and O–H groups in total. The summed E-state index contributed by atoms with van der Waals surface area (Å²) >= 11 is 0. The quantitative estimate of drug-likeness (QED) is 0.306. The zero-order chi connectivity index (χ0) is 12.1. The van der Waals surface area contributed by atoms with E-state index in [1.165, 1.54) is 6.66 Å². The third-order valence-electron chi connectivity index (χ3n) is 1.18. The molecule has 0 rings (SSSR count). The molecule has 0 spiro atoms. The highest BCUT2D eigenvalue weighted by Crippen LogP contribution is 2.47. The van der Waals surface area contributed by atoms with Gasteiger partial charge in [-0.1, -0.05) is 0 Å². The number of ether oxygens (including phenoxy) is 1. The summed E-state index contributed by atoms with van der Waals surface area (Å²) in [7, 11) is -3.28. The Morgan fingerprint density at radius 2 is 2.00 bits per heavy atom. The molecule has 0 saturated heterocycles. The zero-order valence-electron chi connectivity index (χ0n) is 9.48. The zero-order valence-corrected chi connectivity index (χ0v) is 10.4. The highest BCUT2D eigenvalue weighted by Gasteiger charge is 2.24. The van der Waals surface area contributed by atoms with Crippen LogP contribution < -0.4 is 0 Å². The monoisotopic (exact) mass is 236 g/mol. The first-order chi connectivity index (χ1) is 6.78. The number of carbonyl (C=O) groups is 1. The fraction of sp³-hybridized carbons (Fsp3) is 0.667. The second kappa shape index (κ2) is 5.93. The summed E-state index contributed by atoms with van der Waals surface area (Å²) in [4.78, 5) is 11.1. The van der Waals surface area contributed by atoms with Crippen LogP contribution in [0.1, 0.15) is 20.8 Å². The molecule has 0 fully saturated rings. The Morgan fingerprint density at radius 1 is 1.47 bits per heavy atom. The Balaban J connectivity index is 4.27. The predicted molar refractivity (Wildman–Crippen MR) is 56.6 cm³/mol. The second-order valence-electron chi connectivity index (χ2n) is 3.16. The molecule has 0 aliphatic rings. The summed E-state index contributed by atoms with van der Waals surface area (Å²) in [5.41, 5.74) is 0. The van der Waals surface area contributed by atoms with E-state index in [1.807, 2.05) is 0 Å². The first-order valence-electron chi connectivity index (χ1n) is 4.60.